The maximum Gasteiger partial charge on any atom is 0.129 e. The summed E-state index contributed by atoms with van der Waals surface area (Å²) in [4.78, 5) is 6.87. The molecule has 0 bridgehead atoms. The van der Waals surface area contributed by atoms with Gasteiger partial charge in [0.1, 0.15) is 5.82 Å². The molecule has 0 saturated carbocycles. The molecular weight excluding hydrogens is 196 g/mol. The van der Waals surface area contributed by atoms with Gasteiger partial charge in [0.2, 0.25) is 0 Å². The molecule has 2 rings (SSSR count). The van der Waals surface area contributed by atoms with Crippen LogP contribution in [0, 0.1) is 6.92 Å². The Morgan fingerprint density at radius 3 is 2.71 bits per heavy atom. The predicted octanol–water partition coefficient (Wildman–Crippen LogP) is 2.73. The van der Waals surface area contributed by atoms with E-state index >= 15 is 0 Å². The van der Waals surface area contributed by atoms with E-state index in [1.165, 1.54) is 18.4 Å². The topological polar surface area (TPSA) is 16.1 Å². The zero-order chi connectivity index (χ0) is 9.97. The second-order valence-corrected chi connectivity index (χ2v) is 4.07. The number of halogens is 1. The summed E-state index contributed by atoms with van der Waals surface area (Å²) in [6.45, 7) is 4.30. The van der Waals surface area contributed by atoms with Gasteiger partial charge in [-0.25, -0.2) is 4.98 Å². The summed E-state index contributed by atoms with van der Waals surface area (Å²) in [5, 5.41) is 0. The molecule has 0 amide bonds. The molecule has 1 fully saturated rings. The minimum atomic E-state index is 0.574. The third-order valence-corrected chi connectivity index (χ3v) is 2.89. The van der Waals surface area contributed by atoms with Crippen molar-refractivity contribution in [1.29, 1.82) is 0 Å². The highest BCUT2D eigenvalue weighted by Gasteiger charge is 2.13. The van der Waals surface area contributed by atoms with Crippen molar-refractivity contribution in [2.45, 2.75) is 25.6 Å². The summed E-state index contributed by atoms with van der Waals surface area (Å²) < 4.78 is 0. The Labute approximate surface area is 89.9 Å². The van der Waals surface area contributed by atoms with Gasteiger partial charge in [0, 0.05) is 24.7 Å². The first kappa shape index (κ1) is 9.78. The van der Waals surface area contributed by atoms with Crippen LogP contribution < -0.4 is 4.90 Å². The summed E-state index contributed by atoms with van der Waals surface area (Å²) in [5.41, 5.74) is 2.23. The smallest absolute Gasteiger partial charge is 0.129 e. The lowest BCUT2D eigenvalue weighted by Crippen LogP contribution is -2.19. The fraction of sp³-hybridized carbons (Fsp3) is 0.545. The van der Waals surface area contributed by atoms with Crippen LogP contribution in [-0.2, 0) is 5.88 Å². The van der Waals surface area contributed by atoms with E-state index in [1.54, 1.807) is 0 Å². The van der Waals surface area contributed by atoms with E-state index in [0.29, 0.717) is 5.88 Å². The molecule has 1 aromatic heterocycles. The standard InChI is InChI=1S/C11H15ClN2/c1-9-6-10(8-12)7-11(13-9)14-4-2-3-5-14/h6-7H,2-5,8H2,1H3. The van der Waals surface area contributed by atoms with E-state index in [2.05, 4.69) is 16.0 Å². The summed E-state index contributed by atoms with van der Waals surface area (Å²) in [6.07, 6.45) is 2.57. The first-order chi connectivity index (χ1) is 6.79. The van der Waals surface area contributed by atoms with E-state index < -0.39 is 0 Å². The van der Waals surface area contributed by atoms with Crippen molar-refractivity contribution in [1.82, 2.24) is 4.98 Å². The summed E-state index contributed by atoms with van der Waals surface area (Å²) in [6, 6.07) is 4.15. The fourth-order valence-corrected chi connectivity index (χ4v) is 2.06. The second kappa shape index (κ2) is 4.18. The van der Waals surface area contributed by atoms with Crippen molar-refractivity contribution >= 4 is 17.4 Å². The van der Waals surface area contributed by atoms with Crippen molar-refractivity contribution in [3.05, 3.63) is 23.4 Å². The van der Waals surface area contributed by atoms with E-state index in [-0.39, 0.29) is 0 Å². The van der Waals surface area contributed by atoms with Crippen molar-refractivity contribution in [2.75, 3.05) is 18.0 Å². The summed E-state index contributed by atoms with van der Waals surface area (Å²) in [7, 11) is 0. The van der Waals surface area contributed by atoms with Gasteiger partial charge in [-0.3, -0.25) is 0 Å². The number of alkyl halides is 1. The van der Waals surface area contributed by atoms with Crippen molar-refractivity contribution < 1.29 is 0 Å². The van der Waals surface area contributed by atoms with E-state index in [0.717, 1.165) is 24.6 Å². The van der Waals surface area contributed by atoms with Crippen LogP contribution in [0.3, 0.4) is 0 Å². The second-order valence-electron chi connectivity index (χ2n) is 3.80. The zero-order valence-corrected chi connectivity index (χ0v) is 9.22. The van der Waals surface area contributed by atoms with Crippen molar-refractivity contribution in [3.8, 4) is 0 Å². The van der Waals surface area contributed by atoms with Gasteiger partial charge < -0.3 is 4.90 Å². The van der Waals surface area contributed by atoms with Gasteiger partial charge in [-0.1, -0.05) is 0 Å². The van der Waals surface area contributed by atoms with Crippen LogP contribution in [0.4, 0.5) is 5.82 Å². The first-order valence-electron chi connectivity index (χ1n) is 5.08. The van der Waals surface area contributed by atoms with Crippen molar-refractivity contribution in [2.24, 2.45) is 0 Å². The van der Waals surface area contributed by atoms with Crippen LogP contribution in [-0.4, -0.2) is 18.1 Å². The highest BCUT2D eigenvalue weighted by molar-refractivity contribution is 6.17. The predicted molar refractivity (Wildman–Crippen MR) is 60.0 cm³/mol. The molecule has 1 aromatic rings. The number of aromatic nitrogens is 1. The fourth-order valence-electron chi connectivity index (χ4n) is 1.91. The normalized spacial score (nSPS) is 16.3. The molecule has 0 atom stereocenters. The molecule has 3 heteroatoms. The molecule has 76 valence electrons. The zero-order valence-electron chi connectivity index (χ0n) is 8.46. The lowest BCUT2D eigenvalue weighted by atomic mass is 10.2. The van der Waals surface area contributed by atoms with Crippen LogP contribution in [0.1, 0.15) is 24.1 Å². The highest BCUT2D eigenvalue weighted by Crippen LogP contribution is 2.20. The molecule has 1 saturated heterocycles. The van der Waals surface area contributed by atoms with Gasteiger partial charge in [0.15, 0.2) is 0 Å². The Kier molecular flexibility index (Phi) is 2.92. The minimum absolute atomic E-state index is 0.574. The summed E-state index contributed by atoms with van der Waals surface area (Å²) in [5.74, 6) is 1.67. The monoisotopic (exact) mass is 210 g/mol. The molecule has 2 heterocycles. The van der Waals surface area contributed by atoms with E-state index in [1.807, 2.05) is 13.0 Å². The molecule has 2 nitrogen and oxygen atoms in total. The van der Waals surface area contributed by atoms with Crippen LogP contribution in [0.15, 0.2) is 12.1 Å². The van der Waals surface area contributed by atoms with Gasteiger partial charge in [-0.05, 0) is 37.5 Å². The molecule has 0 unspecified atom stereocenters. The van der Waals surface area contributed by atoms with Gasteiger partial charge in [0.05, 0.1) is 0 Å². The minimum Gasteiger partial charge on any atom is -0.357 e. The quantitative estimate of drug-likeness (QED) is 0.698. The Morgan fingerprint density at radius 1 is 1.36 bits per heavy atom. The average molecular weight is 211 g/mol. The van der Waals surface area contributed by atoms with E-state index in [4.69, 9.17) is 11.6 Å². The third kappa shape index (κ3) is 2.01. The molecule has 0 aromatic carbocycles. The molecule has 0 aliphatic carbocycles. The maximum absolute atomic E-state index is 5.83. The van der Waals surface area contributed by atoms with E-state index in [9.17, 15) is 0 Å². The Morgan fingerprint density at radius 2 is 2.07 bits per heavy atom. The van der Waals surface area contributed by atoms with Gasteiger partial charge in [-0.15, -0.1) is 11.6 Å². The third-order valence-electron chi connectivity index (χ3n) is 2.58. The van der Waals surface area contributed by atoms with Gasteiger partial charge in [0.25, 0.3) is 0 Å². The average Bonchev–Trinajstić information content (AvgIpc) is 2.69. The number of hydrogen-bond acceptors (Lipinski definition) is 2. The van der Waals surface area contributed by atoms with Crippen LogP contribution in [0.2, 0.25) is 0 Å². The number of aryl methyl sites for hydroxylation is 1. The maximum atomic E-state index is 5.83. The molecule has 0 radical (unpaired) electrons. The number of anilines is 1. The summed E-state index contributed by atoms with van der Waals surface area (Å²) >= 11 is 5.83. The number of pyridine rings is 1. The lowest BCUT2D eigenvalue weighted by molar-refractivity contribution is 0.926. The van der Waals surface area contributed by atoms with Crippen LogP contribution in [0.25, 0.3) is 0 Å². The number of nitrogens with zero attached hydrogens (tertiary/aromatic N) is 2. The molecule has 0 spiro atoms. The Hall–Kier alpha value is -0.760. The number of rotatable bonds is 2. The Balaban J connectivity index is 2.27. The van der Waals surface area contributed by atoms with Crippen molar-refractivity contribution in [3.63, 3.8) is 0 Å². The molecular formula is C11H15ClN2. The van der Waals surface area contributed by atoms with Gasteiger partial charge in [-0.2, -0.15) is 0 Å². The first-order valence-corrected chi connectivity index (χ1v) is 5.61. The Bertz CT molecular complexity index is 319. The lowest BCUT2D eigenvalue weighted by Gasteiger charge is -2.17. The SMILES string of the molecule is Cc1cc(CCl)cc(N2CCCC2)n1. The van der Waals surface area contributed by atoms with Crippen LogP contribution in [0.5, 0.6) is 0 Å². The molecule has 14 heavy (non-hydrogen) atoms. The van der Waals surface area contributed by atoms with Crippen LogP contribution >= 0.6 is 11.6 Å². The molecule has 0 N–H and O–H groups in total. The largest absolute Gasteiger partial charge is 0.357 e. The molecule has 1 aliphatic heterocycles. The highest BCUT2D eigenvalue weighted by atomic mass is 35.5. The number of hydrogen-bond donors (Lipinski definition) is 0. The molecule has 1 aliphatic rings. The van der Waals surface area contributed by atoms with Gasteiger partial charge >= 0.3 is 0 Å².